The standard InChI is InChI=1S/C25H25NO5S/c1-4-30-21-9-7-6-8-18(21)12-15-22(27)26-24-23(25(28)31-5-2)20(16-32-24)17-10-13-19(29-3)14-11-17/h6-16H,4-5H2,1-3H3,(H,26,27)/b15-12+. The van der Waals surface area contributed by atoms with Gasteiger partial charge in [-0.3, -0.25) is 4.79 Å². The van der Waals surface area contributed by atoms with E-state index in [1.54, 1.807) is 20.1 Å². The van der Waals surface area contributed by atoms with Crippen molar-refractivity contribution < 1.29 is 23.8 Å². The highest BCUT2D eigenvalue weighted by atomic mass is 32.1. The van der Waals surface area contributed by atoms with Gasteiger partial charge in [0.05, 0.1) is 20.3 Å². The van der Waals surface area contributed by atoms with Gasteiger partial charge >= 0.3 is 5.97 Å². The van der Waals surface area contributed by atoms with Crippen LogP contribution < -0.4 is 14.8 Å². The highest BCUT2D eigenvalue weighted by Crippen LogP contribution is 2.37. The highest BCUT2D eigenvalue weighted by molar-refractivity contribution is 7.15. The Balaban J connectivity index is 1.86. The van der Waals surface area contributed by atoms with Crippen molar-refractivity contribution in [3.05, 3.63) is 71.1 Å². The number of ether oxygens (including phenoxy) is 3. The number of hydrogen-bond donors (Lipinski definition) is 1. The largest absolute Gasteiger partial charge is 0.497 e. The van der Waals surface area contributed by atoms with Gasteiger partial charge in [-0.05, 0) is 43.7 Å². The number of anilines is 1. The average molecular weight is 452 g/mol. The van der Waals surface area contributed by atoms with Crippen LogP contribution in [0.1, 0.15) is 29.8 Å². The molecule has 2 aromatic carbocycles. The number of carbonyl (C=O) groups excluding carboxylic acids is 2. The molecule has 0 aliphatic carbocycles. The molecule has 0 saturated carbocycles. The van der Waals surface area contributed by atoms with Crippen LogP contribution >= 0.6 is 11.3 Å². The third-order valence-electron chi connectivity index (χ3n) is 4.54. The Kier molecular flexibility index (Phi) is 8.05. The summed E-state index contributed by atoms with van der Waals surface area (Å²) >= 11 is 1.27. The van der Waals surface area contributed by atoms with Crippen LogP contribution in [-0.2, 0) is 9.53 Å². The molecule has 32 heavy (non-hydrogen) atoms. The molecule has 0 fully saturated rings. The predicted octanol–water partition coefficient (Wildman–Crippen LogP) is 5.65. The minimum absolute atomic E-state index is 0.234. The maximum atomic E-state index is 12.7. The molecule has 3 rings (SSSR count). The van der Waals surface area contributed by atoms with Crippen LogP contribution in [0.15, 0.2) is 60.0 Å². The van der Waals surface area contributed by atoms with E-state index in [1.807, 2.05) is 60.8 Å². The number of esters is 1. The molecular formula is C25H25NO5S. The number of hydrogen-bond acceptors (Lipinski definition) is 6. The third kappa shape index (κ3) is 5.56. The lowest BCUT2D eigenvalue weighted by Gasteiger charge is -2.09. The molecule has 3 aromatic rings. The maximum Gasteiger partial charge on any atom is 0.341 e. The summed E-state index contributed by atoms with van der Waals surface area (Å²) in [6.45, 7) is 4.41. The van der Waals surface area contributed by atoms with Crippen LogP contribution in [0.2, 0.25) is 0 Å². The molecule has 0 aliphatic rings. The highest BCUT2D eigenvalue weighted by Gasteiger charge is 2.22. The van der Waals surface area contributed by atoms with E-state index in [0.717, 1.165) is 11.1 Å². The minimum Gasteiger partial charge on any atom is -0.497 e. The molecule has 0 atom stereocenters. The van der Waals surface area contributed by atoms with Gasteiger partial charge in [0.1, 0.15) is 22.1 Å². The van der Waals surface area contributed by atoms with Crippen molar-refractivity contribution in [2.45, 2.75) is 13.8 Å². The summed E-state index contributed by atoms with van der Waals surface area (Å²) in [4.78, 5) is 25.3. The fourth-order valence-corrected chi connectivity index (χ4v) is 4.02. The molecule has 0 aliphatic heterocycles. The zero-order valence-corrected chi connectivity index (χ0v) is 19.0. The summed E-state index contributed by atoms with van der Waals surface area (Å²) in [7, 11) is 1.59. The van der Waals surface area contributed by atoms with Gasteiger partial charge in [-0.2, -0.15) is 0 Å². The van der Waals surface area contributed by atoms with Crippen molar-refractivity contribution in [2.75, 3.05) is 25.6 Å². The van der Waals surface area contributed by atoms with E-state index in [1.165, 1.54) is 17.4 Å². The van der Waals surface area contributed by atoms with E-state index in [0.29, 0.717) is 34.2 Å². The van der Waals surface area contributed by atoms with Gasteiger partial charge in [-0.1, -0.05) is 30.3 Å². The first-order chi connectivity index (χ1) is 15.6. The van der Waals surface area contributed by atoms with Gasteiger partial charge in [0.15, 0.2) is 0 Å². The molecule has 1 amide bonds. The number of carbonyl (C=O) groups is 2. The first-order valence-electron chi connectivity index (χ1n) is 10.2. The van der Waals surface area contributed by atoms with Gasteiger partial charge in [0, 0.05) is 22.6 Å². The van der Waals surface area contributed by atoms with E-state index in [9.17, 15) is 9.59 Å². The molecule has 6 nitrogen and oxygen atoms in total. The average Bonchev–Trinajstić information content (AvgIpc) is 3.22. The quantitative estimate of drug-likeness (QED) is 0.336. The number of nitrogens with one attached hydrogen (secondary N) is 1. The Morgan fingerprint density at radius 1 is 1.03 bits per heavy atom. The van der Waals surface area contributed by atoms with Crippen molar-refractivity contribution in [3.8, 4) is 22.6 Å². The van der Waals surface area contributed by atoms with Gasteiger partial charge < -0.3 is 19.5 Å². The number of amides is 1. The molecule has 0 spiro atoms. The van der Waals surface area contributed by atoms with Crippen molar-refractivity contribution >= 4 is 34.3 Å². The number of methoxy groups -OCH3 is 1. The van der Waals surface area contributed by atoms with E-state index in [2.05, 4.69) is 5.32 Å². The molecule has 1 N–H and O–H groups in total. The van der Waals surface area contributed by atoms with Crippen LogP contribution in [-0.4, -0.2) is 32.2 Å². The summed E-state index contributed by atoms with van der Waals surface area (Å²) in [6.07, 6.45) is 3.10. The number of benzene rings is 2. The molecule has 0 unspecified atom stereocenters. The third-order valence-corrected chi connectivity index (χ3v) is 5.44. The van der Waals surface area contributed by atoms with Crippen molar-refractivity contribution in [1.82, 2.24) is 0 Å². The number of thiophene rings is 1. The second-order valence-electron chi connectivity index (χ2n) is 6.60. The summed E-state index contributed by atoms with van der Waals surface area (Å²) in [6, 6.07) is 14.8. The molecular weight excluding hydrogens is 426 g/mol. The molecule has 1 aromatic heterocycles. The fraction of sp³-hybridized carbons (Fsp3) is 0.200. The number of para-hydroxylation sites is 1. The van der Waals surface area contributed by atoms with E-state index < -0.39 is 5.97 Å². The maximum absolute atomic E-state index is 12.7. The van der Waals surface area contributed by atoms with Gasteiger partial charge in [-0.15, -0.1) is 11.3 Å². The van der Waals surface area contributed by atoms with Crippen molar-refractivity contribution in [1.29, 1.82) is 0 Å². The van der Waals surface area contributed by atoms with Crippen LogP contribution in [0.3, 0.4) is 0 Å². The fourth-order valence-electron chi connectivity index (χ4n) is 3.06. The van der Waals surface area contributed by atoms with E-state index >= 15 is 0 Å². The monoisotopic (exact) mass is 451 g/mol. The molecule has 0 bridgehead atoms. The number of rotatable bonds is 9. The van der Waals surface area contributed by atoms with Gasteiger partial charge in [-0.25, -0.2) is 4.79 Å². The zero-order valence-electron chi connectivity index (χ0n) is 18.2. The molecule has 7 heteroatoms. The summed E-state index contributed by atoms with van der Waals surface area (Å²) in [5.74, 6) is 0.572. The first kappa shape index (κ1) is 23.1. The van der Waals surface area contributed by atoms with Crippen LogP contribution in [0.5, 0.6) is 11.5 Å². The lowest BCUT2D eigenvalue weighted by Crippen LogP contribution is -2.12. The van der Waals surface area contributed by atoms with Crippen LogP contribution in [0.25, 0.3) is 17.2 Å². The van der Waals surface area contributed by atoms with Gasteiger partial charge in [0.2, 0.25) is 5.91 Å². The Hall–Kier alpha value is -3.58. The van der Waals surface area contributed by atoms with Crippen molar-refractivity contribution in [2.24, 2.45) is 0 Å². The predicted molar refractivity (Wildman–Crippen MR) is 128 cm³/mol. The second kappa shape index (κ2) is 11.2. The first-order valence-corrected chi connectivity index (χ1v) is 11.1. The lowest BCUT2D eigenvalue weighted by atomic mass is 10.0. The Bertz CT molecular complexity index is 1100. The summed E-state index contributed by atoms with van der Waals surface area (Å²) < 4.78 is 16.0. The molecule has 0 radical (unpaired) electrons. The molecule has 0 saturated heterocycles. The minimum atomic E-state index is -0.486. The Morgan fingerprint density at radius 2 is 1.78 bits per heavy atom. The smallest absolute Gasteiger partial charge is 0.341 e. The Morgan fingerprint density at radius 3 is 2.47 bits per heavy atom. The second-order valence-corrected chi connectivity index (χ2v) is 7.48. The Labute approximate surface area is 191 Å². The molecule has 1 heterocycles. The normalized spacial score (nSPS) is 10.7. The van der Waals surface area contributed by atoms with E-state index in [-0.39, 0.29) is 12.5 Å². The van der Waals surface area contributed by atoms with E-state index in [4.69, 9.17) is 14.2 Å². The molecule has 166 valence electrons. The van der Waals surface area contributed by atoms with Gasteiger partial charge in [0.25, 0.3) is 0 Å². The lowest BCUT2D eigenvalue weighted by molar-refractivity contribution is -0.111. The zero-order chi connectivity index (χ0) is 22.9. The summed E-state index contributed by atoms with van der Waals surface area (Å²) in [5.41, 5.74) is 2.64. The SMILES string of the molecule is CCOC(=O)c1c(-c2ccc(OC)cc2)csc1NC(=O)/C=C/c1ccccc1OCC. The summed E-state index contributed by atoms with van der Waals surface area (Å²) in [5, 5.41) is 5.07. The van der Waals surface area contributed by atoms with Crippen LogP contribution in [0, 0.1) is 0 Å². The van der Waals surface area contributed by atoms with Crippen LogP contribution in [0.4, 0.5) is 5.00 Å². The van der Waals surface area contributed by atoms with Crippen molar-refractivity contribution in [3.63, 3.8) is 0 Å². The topological polar surface area (TPSA) is 73.9 Å².